The highest BCUT2D eigenvalue weighted by Crippen LogP contribution is 2.32. The Balaban J connectivity index is 1.70. The molecule has 0 aliphatic heterocycles. The minimum atomic E-state index is 0.541. The maximum atomic E-state index is 5.47. The van der Waals surface area contributed by atoms with Gasteiger partial charge in [-0.25, -0.2) is 9.97 Å². The summed E-state index contributed by atoms with van der Waals surface area (Å²) in [5.74, 6) is 1.47. The molecule has 0 N–H and O–H groups in total. The number of benzene rings is 1. The van der Waals surface area contributed by atoms with Crippen LogP contribution >= 0.6 is 11.3 Å². The van der Waals surface area contributed by atoms with Gasteiger partial charge in [0.15, 0.2) is 0 Å². The Hall–Kier alpha value is -2.73. The van der Waals surface area contributed by atoms with E-state index in [2.05, 4.69) is 45.7 Å². The molecule has 3 heterocycles. The van der Waals surface area contributed by atoms with Crippen molar-refractivity contribution in [2.24, 2.45) is 5.92 Å². The van der Waals surface area contributed by atoms with E-state index in [9.17, 15) is 0 Å². The van der Waals surface area contributed by atoms with E-state index in [-0.39, 0.29) is 0 Å². The van der Waals surface area contributed by atoms with E-state index >= 15 is 0 Å². The Morgan fingerprint density at radius 2 is 2.00 bits per heavy atom. The van der Waals surface area contributed by atoms with Gasteiger partial charge in [-0.05, 0) is 5.92 Å². The fourth-order valence-corrected chi connectivity index (χ4v) is 3.68. The fraction of sp³-hybridized carbons (Fsp3) is 0.250. The van der Waals surface area contributed by atoms with E-state index in [1.165, 1.54) is 0 Å². The van der Waals surface area contributed by atoms with Crippen LogP contribution in [0.3, 0.4) is 0 Å². The number of rotatable bonds is 6. The summed E-state index contributed by atoms with van der Waals surface area (Å²) in [4.78, 5) is 9.17. The van der Waals surface area contributed by atoms with E-state index in [0.29, 0.717) is 12.5 Å². The number of aromatic nitrogens is 4. The van der Waals surface area contributed by atoms with Crippen LogP contribution in [0, 0.1) is 5.92 Å². The van der Waals surface area contributed by atoms with Crippen molar-refractivity contribution in [3.05, 3.63) is 65.8 Å². The molecule has 132 valence electrons. The van der Waals surface area contributed by atoms with Crippen LogP contribution in [-0.2, 0) is 13.0 Å². The number of nitrogens with zero attached hydrogens (tertiary/aromatic N) is 4. The Morgan fingerprint density at radius 3 is 2.73 bits per heavy atom. The van der Waals surface area contributed by atoms with Crippen molar-refractivity contribution in [3.63, 3.8) is 0 Å². The van der Waals surface area contributed by atoms with Gasteiger partial charge in [0.25, 0.3) is 0 Å². The number of thiazole rings is 1. The van der Waals surface area contributed by atoms with Crippen molar-refractivity contribution in [1.29, 1.82) is 0 Å². The second kappa shape index (κ2) is 7.25. The van der Waals surface area contributed by atoms with Crippen LogP contribution in [0.4, 0.5) is 0 Å². The van der Waals surface area contributed by atoms with Crippen molar-refractivity contribution in [2.45, 2.75) is 26.8 Å². The fourth-order valence-electron chi connectivity index (χ4n) is 2.98. The molecular formula is C20H20N4OS. The summed E-state index contributed by atoms with van der Waals surface area (Å²) in [6.07, 6.45) is 4.57. The topological polar surface area (TPSA) is 56.7 Å². The predicted octanol–water partition coefficient (Wildman–Crippen LogP) is 4.91. The monoisotopic (exact) mass is 364 g/mol. The molecule has 26 heavy (non-hydrogen) atoms. The van der Waals surface area contributed by atoms with Crippen LogP contribution in [0.5, 0.6) is 0 Å². The molecule has 0 saturated heterocycles. The molecule has 0 radical (unpaired) electrons. The second-order valence-corrected chi connectivity index (χ2v) is 7.55. The van der Waals surface area contributed by atoms with Gasteiger partial charge in [-0.2, -0.15) is 0 Å². The maximum Gasteiger partial charge on any atom is 0.142 e. The maximum absolute atomic E-state index is 5.47. The smallest absolute Gasteiger partial charge is 0.142 e. The van der Waals surface area contributed by atoms with Gasteiger partial charge in [0.1, 0.15) is 22.2 Å². The van der Waals surface area contributed by atoms with Gasteiger partial charge in [-0.15, -0.1) is 11.3 Å². The van der Waals surface area contributed by atoms with Gasteiger partial charge in [0, 0.05) is 29.6 Å². The highest BCUT2D eigenvalue weighted by atomic mass is 32.1. The Morgan fingerprint density at radius 1 is 1.15 bits per heavy atom. The van der Waals surface area contributed by atoms with E-state index in [4.69, 9.17) is 4.52 Å². The summed E-state index contributed by atoms with van der Waals surface area (Å²) < 4.78 is 7.57. The lowest BCUT2D eigenvalue weighted by Gasteiger charge is -2.06. The molecule has 0 aliphatic rings. The molecule has 4 rings (SSSR count). The van der Waals surface area contributed by atoms with Crippen LogP contribution < -0.4 is 0 Å². The first-order valence-electron chi connectivity index (χ1n) is 8.65. The van der Waals surface area contributed by atoms with Gasteiger partial charge in [0.05, 0.1) is 18.6 Å². The molecule has 0 amide bonds. The number of hydrogen-bond acceptors (Lipinski definition) is 5. The molecule has 0 fully saturated rings. The molecule has 3 aromatic heterocycles. The van der Waals surface area contributed by atoms with Crippen LogP contribution in [0.15, 0.2) is 58.8 Å². The average Bonchev–Trinajstić information content (AvgIpc) is 3.36. The Kier molecular flexibility index (Phi) is 4.67. The van der Waals surface area contributed by atoms with E-state index in [0.717, 1.165) is 39.8 Å². The lowest BCUT2D eigenvalue weighted by Crippen LogP contribution is -2.01. The van der Waals surface area contributed by atoms with Crippen molar-refractivity contribution >= 4 is 11.3 Å². The zero-order valence-corrected chi connectivity index (χ0v) is 15.6. The van der Waals surface area contributed by atoms with E-state index in [1.54, 1.807) is 11.3 Å². The largest absolute Gasteiger partial charge is 0.361 e. The van der Waals surface area contributed by atoms with Crippen molar-refractivity contribution < 1.29 is 4.52 Å². The first kappa shape index (κ1) is 16.7. The van der Waals surface area contributed by atoms with Crippen molar-refractivity contribution in [1.82, 2.24) is 19.7 Å². The molecule has 0 atom stereocenters. The van der Waals surface area contributed by atoms with Gasteiger partial charge in [0.2, 0.25) is 0 Å². The zero-order valence-electron chi connectivity index (χ0n) is 14.8. The van der Waals surface area contributed by atoms with Crippen molar-refractivity contribution in [2.75, 3.05) is 0 Å². The normalized spacial score (nSPS) is 11.3. The summed E-state index contributed by atoms with van der Waals surface area (Å²) >= 11 is 1.61. The first-order chi connectivity index (χ1) is 12.7. The first-order valence-corrected chi connectivity index (χ1v) is 9.53. The summed E-state index contributed by atoms with van der Waals surface area (Å²) in [6, 6.07) is 12.2. The van der Waals surface area contributed by atoms with Crippen LogP contribution in [0.1, 0.15) is 25.3 Å². The molecular weight excluding hydrogens is 344 g/mol. The summed E-state index contributed by atoms with van der Waals surface area (Å²) in [5.41, 5.74) is 3.93. The predicted molar refractivity (Wildman–Crippen MR) is 103 cm³/mol. The standard InChI is InChI=1S/C20H20N4OS/c1-14(2)10-17-11-16(23-25-17)12-24-13-22-18(15-6-4-3-5-7-15)19(24)20-21-8-9-26-20/h3-9,11,13-14H,10,12H2,1-2H3. The second-order valence-electron chi connectivity index (χ2n) is 6.66. The Labute approximate surface area is 156 Å². The van der Waals surface area contributed by atoms with Crippen LogP contribution in [0.2, 0.25) is 0 Å². The van der Waals surface area contributed by atoms with Crippen LogP contribution in [0.25, 0.3) is 22.0 Å². The van der Waals surface area contributed by atoms with Crippen LogP contribution in [-0.4, -0.2) is 19.7 Å². The third-order valence-electron chi connectivity index (χ3n) is 4.07. The molecule has 1 aromatic carbocycles. The molecule has 0 unspecified atom stereocenters. The highest BCUT2D eigenvalue weighted by molar-refractivity contribution is 7.13. The number of hydrogen-bond donors (Lipinski definition) is 0. The van der Waals surface area contributed by atoms with E-state index < -0.39 is 0 Å². The summed E-state index contributed by atoms with van der Waals surface area (Å²) in [6.45, 7) is 4.95. The lowest BCUT2D eigenvalue weighted by molar-refractivity contribution is 0.362. The summed E-state index contributed by atoms with van der Waals surface area (Å²) in [7, 11) is 0. The van der Waals surface area contributed by atoms with Crippen molar-refractivity contribution in [3.8, 4) is 22.0 Å². The molecule has 0 spiro atoms. The van der Waals surface area contributed by atoms with Gasteiger partial charge in [-0.1, -0.05) is 49.3 Å². The molecule has 0 bridgehead atoms. The highest BCUT2D eigenvalue weighted by Gasteiger charge is 2.18. The van der Waals surface area contributed by atoms with Gasteiger partial charge in [-0.3, -0.25) is 0 Å². The van der Waals surface area contributed by atoms with E-state index in [1.807, 2.05) is 42.2 Å². The van der Waals surface area contributed by atoms with Gasteiger partial charge >= 0.3 is 0 Å². The molecule has 4 aromatic rings. The van der Waals surface area contributed by atoms with Gasteiger partial charge < -0.3 is 9.09 Å². The quantitative estimate of drug-likeness (QED) is 0.488. The SMILES string of the molecule is CC(C)Cc1cc(Cn2cnc(-c3ccccc3)c2-c2nccs2)no1. The summed E-state index contributed by atoms with van der Waals surface area (Å²) in [5, 5.41) is 7.16. The minimum Gasteiger partial charge on any atom is -0.361 e. The Bertz CT molecular complexity index is 971. The molecule has 6 heteroatoms. The third-order valence-corrected chi connectivity index (χ3v) is 4.85. The molecule has 0 saturated carbocycles. The zero-order chi connectivity index (χ0) is 17.9. The molecule has 0 aliphatic carbocycles. The lowest BCUT2D eigenvalue weighted by atomic mass is 10.1. The minimum absolute atomic E-state index is 0.541. The third kappa shape index (κ3) is 3.46. The molecule has 5 nitrogen and oxygen atoms in total. The number of imidazole rings is 1. The average molecular weight is 364 g/mol.